The predicted octanol–water partition coefficient (Wildman–Crippen LogP) is 2.56. The molecule has 0 aromatic heterocycles. The van der Waals surface area contributed by atoms with Gasteiger partial charge in [0.2, 0.25) is 0 Å². The van der Waals surface area contributed by atoms with Crippen LogP contribution >= 0.6 is 11.8 Å². The summed E-state index contributed by atoms with van der Waals surface area (Å²) >= 11 is 1.89. The zero-order valence-electron chi connectivity index (χ0n) is 10.1. The first-order valence-electron chi connectivity index (χ1n) is 5.99. The summed E-state index contributed by atoms with van der Waals surface area (Å²) in [6.07, 6.45) is 4.59. The van der Waals surface area contributed by atoms with Gasteiger partial charge in [-0.25, -0.2) is 0 Å². The van der Waals surface area contributed by atoms with E-state index in [9.17, 15) is 5.11 Å². The van der Waals surface area contributed by atoms with E-state index in [2.05, 4.69) is 11.6 Å². The summed E-state index contributed by atoms with van der Waals surface area (Å²) in [7, 11) is 0. The summed E-state index contributed by atoms with van der Waals surface area (Å²) in [5, 5.41) is 12.9. The second-order valence-electron chi connectivity index (χ2n) is 4.24. The Morgan fingerprint density at radius 3 is 3.18 bits per heavy atom. The molecule has 0 aliphatic carbocycles. The van der Waals surface area contributed by atoms with Crippen molar-refractivity contribution in [3.05, 3.63) is 23.8 Å². The van der Waals surface area contributed by atoms with Gasteiger partial charge in [-0.2, -0.15) is 11.8 Å². The molecule has 17 heavy (non-hydrogen) atoms. The van der Waals surface area contributed by atoms with E-state index >= 15 is 0 Å². The second-order valence-corrected chi connectivity index (χ2v) is 5.23. The molecule has 2 N–H and O–H groups in total. The number of phenolic OH excluding ortho intramolecular Hbond substituents is 1. The van der Waals surface area contributed by atoms with Crippen LogP contribution < -0.4 is 10.1 Å². The van der Waals surface area contributed by atoms with Gasteiger partial charge >= 0.3 is 0 Å². The Morgan fingerprint density at radius 1 is 1.47 bits per heavy atom. The smallest absolute Gasteiger partial charge is 0.127 e. The number of ether oxygens (including phenoxy) is 1. The van der Waals surface area contributed by atoms with E-state index in [1.54, 1.807) is 12.1 Å². The molecule has 4 heteroatoms. The van der Waals surface area contributed by atoms with Crippen molar-refractivity contribution in [1.29, 1.82) is 0 Å². The van der Waals surface area contributed by atoms with E-state index in [0.717, 1.165) is 17.9 Å². The molecular formula is C13H19NO2S. The molecule has 1 aromatic carbocycles. The molecule has 1 aromatic rings. The maximum atomic E-state index is 9.35. The third-order valence-electron chi connectivity index (χ3n) is 2.94. The number of hydrogen-bond donors (Lipinski definition) is 2. The van der Waals surface area contributed by atoms with E-state index in [-0.39, 0.29) is 11.8 Å². The number of unbranched alkanes of at least 4 members (excludes halogenated alkanes) is 1. The average molecular weight is 253 g/mol. The first-order valence-corrected chi connectivity index (χ1v) is 7.38. The van der Waals surface area contributed by atoms with Crippen LogP contribution in [0.25, 0.3) is 0 Å². The quantitative estimate of drug-likeness (QED) is 0.765. The lowest BCUT2D eigenvalue weighted by Crippen LogP contribution is -2.23. The Labute approximate surface area is 107 Å². The van der Waals surface area contributed by atoms with E-state index in [1.165, 1.54) is 18.6 Å². The highest BCUT2D eigenvalue weighted by Crippen LogP contribution is 2.34. The largest absolute Gasteiger partial charge is 0.508 e. The van der Waals surface area contributed by atoms with Crippen LogP contribution in [-0.4, -0.2) is 30.3 Å². The summed E-state index contributed by atoms with van der Waals surface area (Å²) in [6, 6.07) is 5.62. The Balaban J connectivity index is 1.81. The first-order chi connectivity index (χ1) is 8.31. The fourth-order valence-corrected chi connectivity index (χ4v) is 2.51. The van der Waals surface area contributed by atoms with Gasteiger partial charge in [0, 0.05) is 11.6 Å². The van der Waals surface area contributed by atoms with Crippen LogP contribution in [0.4, 0.5) is 0 Å². The monoisotopic (exact) mass is 253 g/mol. The fourth-order valence-electron chi connectivity index (χ4n) is 2.02. The second kappa shape index (κ2) is 6.17. The molecule has 1 heterocycles. The van der Waals surface area contributed by atoms with Gasteiger partial charge in [0.25, 0.3) is 0 Å². The lowest BCUT2D eigenvalue weighted by molar-refractivity contribution is 0.310. The molecule has 0 bridgehead atoms. The molecule has 0 saturated carbocycles. The molecule has 1 aliphatic heterocycles. The van der Waals surface area contributed by atoms with Crippen LogP contribution in [0.1, 0.15) is 24.4 Å². The summed E-state index contributed by atoms with van der Waals surface area (Å²) < 4.78 is 5.54. The minimum atomic E-state index is 0.268. The zero-order valence-corrected chi connectivity index (χ0v) is 10.9. The minimum Gasteiger partial charge on any atom is -0.508 e. The van der Waals surface area contributed by atoms with E-state index < -0.39 is 0 Å². The lowest BCUT2D eigenvalue weighted by Gasteiger charge is -2.11. The molecule has 0 fully saturated rings. The number of phenols is 1. The molecule has 0 amide bonds. The number of aromatic hydroxyl groups is 1. The van der Waals surface area contributed by atoms with Crippen molar-refractivity contribution in [2.24, 2.45) is 0 Å². The molecular weight excluding hydrogens is 234 g/mol. The highest BCUT2D eigenvalue weighted by molar-refractivity contribution is 7.98. The Bertz CT molecular complexity index is 370. The van der Waals surface area contributed by atoms with Gasteiger partial charge in [-0.1, -0.05) is 0 Å². The number of nitrogens with one attached hydrogen (secondary N) is 1. The van der Waals surface area contributed by atoms with E-state index in [1.807, 2.05) is 17.8 Å². The average Bonchev–Trinajstić information content (AvgIpc) is 2.71. The van der Waals surface area contributed by atoms with Crippen LogP contribution in [0, 0.1) is 0 Å². The third-order valence-corrected chi connectivity index (χ3v) is 3.64. The Hall–Kier alpha value is -0.870. The minimum absolute atomic E-state index is 0.268. The number of rotatable bonds is 6. The summed E-state index contributed by atoms with van der Waals surface area (Å²) in [5.41, 5.74) is 1.16. The van der Waals surface area contributed by atoms with Crippen LogP contribution in [0.5, 0.6) is 11.5 Å². The van der Waals surface area contributed by atoms with Crippen molar-refractivity contribution < 1.29 is 9.84 Å². The summed E-state index contributed by atoms with van der Waals surface area (Å²) in [6.45, 7) is 1.69. The van der Waals surface area contributed by atoms with Gasteiger partial charge in [-0.05, 0) is 43.5 Å². The van der Waals surface area contributed by atoms with Crippen LogP contribution in [0.15, 0.2) is 18.2 Å². The zero-order chi connectivity index (χ0) is 12.1. The summed E-state index contributed by atoms with van der Waals surface area (Å²) in [5.74, 6) is 2.31. The fraction of sp³-hybridized carbons (Fsp3) is 0.538. The third kappa shape index (κ3) is 3.30. The maximum Gasteiger partial charge on any atom is 0.127 e. The number of benzene rings is 1. The van der Waals surface area contributed by atoms with Crippen molar-refractivity contribution in [2.75, 3.05) is 25.2 Å². The molecule has 0 spiro atoms. The highest BCUT2D eigenvalue weighted by atomic mass is 32.2. The van der Waals surface area contributed by atoms with Gasteiger partial charge in [-0.3, -0.25) is 0 Å². The molecule has 0 radical (unpaired) electrons. The van der Waals surface area contributed by atoms with Crippen molar-refractivity contribution in [3.8, 4) is 11.5 Å². The van der Waals surface area contributed by atoms with Crippen molar-refractivity contribution in [1.82, 2.24) is 5.32 Å². The molecule has 1 aliphatic rings. The maximum absolute atomic E-state index is 9.35. The highest BCUT2D eigenvalue weighted by Gasteiger charge is 2.23. The van der Waals surface area contributed by atoms with Gasteiger partial charge in [0.05, 0.1) is 6.04 Å². The van der Waals surface area contributed by atoms with Crippen LogP contribution in [0.2, 0.25) is 0 Å². The van der Waals surface area contributed by atoms with Gasteiger partial charge in [0.15, 0.2) is 0 Å². The molecule has 0 saturated heterocycles. The Kier molecular flexibility index (Phi) is 4.57. The SMILES string of the molecule is CSCCCCNC1COc2cc(O)ccc21. The molecule has 1 unspecified atom stereocenters. The van der Waals surface area contributed by atoms with E-state index in [0.29, 0.717) is 6.61 Å². The van der Waals surface area contributed by atoms with Gasteiger partial charge in [0.1, 0.15) is 18.1 Å². The van der Waals surface area contributed by atoms with Crippen molar-refractivity contribution in [2.45, 2.75) is 18.9 Å². The number of fused-ring (bicyclic) bond motifs is 1. The standard InChI is InChI=1S/C13H19NO2S/c1-17-7-3-2-6-14-12-9-16-13-8-10(15)4-5-11(12)13/h4-5,8,12,14-15H,2-3,6-7,9H2,1H3. The van der Waals surface area contributed by atoms with E-state index in [4.69, 9.17) is 4.74 Å². The lowest BCUT2D eigenvalue weighted by atomic mass is 10.1. The number of hydrogen-bond acceptors (Lipinski definition) is 4. The Morgan fingerprint density at radius 2 is 2.35 bits per heavy atom. The van der Waals surface area contributed by atoms with Gasteiger partial charge < -0.3 is 15.2 Å². The molecule has 2 rings (SSSR count). The molecule has 94 valence electrons. The summed E-state index contributed by atoms with van der Waals surface area (Å²) in [4.78, 5) is 0. The predicted molar refractivity (Wildman–Crippen MR) is 72.0 cm³/mol. The van der Waals surface area contributed by atoms with Gasteiger partial charge in [-0.15, -0.1) is 0 Å². The number of thioether (sulfide) groups is 1. The van der Waals surface area contributed by atoms with Crippen molar-refractivity contribution >= 4 is 11.8 Å². The normalized spacial score (nSPS) is 17.8. The van der Waals surface area contributed by atoms with Crippen LogP contribution in [0.3, 0.4) is 0 Å². The first kappa shape index (κ1) is 12.6. The van der Waals surface area contributed by atoms with Crippen molar-refractivity contribution in [3.63, 3.8) is 0 Å². The molecule has 1 atom stereocenters. The topological polar surface area (TPSA) is 41.5 Å². The molecule has 3 nitrogen and oxygen atoms in total. The van der Waals surface area contributed by atoms with Crippen LogP contribution in [-0.2, 0) is 0 Å².